The highest BCUT2D eigenvalue weighted by molar-refractivity contribution is 5.87. The molecule has 34 heavy (non-hydrogen) atoms. The number of hydrogen-bond acceptors (Lipinski definition) is 11. The van der Waals surface area contributed by atoms with E-state index in [-0.39, 0.29) is 5.75 Å². The molecule has 1 aliphatic carbocycles. The van der Waals surface area contributed by atoms with Crippen molar-refractivity contribution in [3.63, 3.8) is 0 Å². The fraction of sp³-hybridized carbons (Fsp3) is 0.435. The molecule has 0 aromatic heterocycles. The summed E-state index contributed by atoms with van der Waals surface area (Å²) in [4.78, 5) is 36.6. The van der Waals surface area contributed by atoms with E-state index in [2.05, 4.69) is 6.58 Å². The van der Waals surface area contributed by atoms with Crippen LogP contribution < -0.4 is 0 Å². The largest absolute Gasteiger partial charge is 0.504 e. The Hall–Kier alpha value is -3.41. The molecule has 0 amide bonds. The van der Waals surface area contributed by atoms with Gasteiger partial charge >= 0.3 is 17.9 Å². The van der Waals surface area contributed by atoms with Crippen LogP contribution in [-0.2, 0) is 28.6 Å². The number of carbonyl (C=O) groups excluding carboxylic acids is 3. The maximum Gasteiger partial charge on any atom is 0.338 e. The van der Waals surface area contributed by atoms with E-state index in [4.69, 9.17) is 14.2 Å². The topological polar surface area (TPSA) is 180 Å². The molecule has 11 heteroatoms. The van der Waals surface area contributed by atoms with Crippen LogP contribution in [0.15, 0.2) is 36.9 Å². The summed E-state index contributed by atoms with van der Waals surface area (Å²) in [6, 6.07) is 3.82. The van der Waals surface area contributed by atoms with Gasteiger partial charge in [-0.15, -0.1) is 0 Å². The first-order chi connectivity index (χ1) is 15.9. The summed E-state index contributed by atoms with van der Waals surface area (Å²) in [5.74, 6) is -3.80. The average Bonchev–Trinajstić information content (AvgIpc) is 2.77. The van der Waals surface area contributed by atoms with Crippen molar-refractivity contribution in [1.82, 2.24) is 0 Å². The molecule has 6 atom stereocenters. The maximum absolute atomic E-state index is 12.6. The van der Waals surface area contributed by atoms with Crippen LogP contribution in [0.1, 0.15) is 32.3 Å². The first-order valence-electron chi connectivity index (χ1n) is 10.4. The first-order valence-corrected chi connectivity index (χ1v) is 10.4. The van der Waals surface area contributed by atoms with Gasteiger partial charge < -0.3 is 39.7 Å². The van der Waals surface area contributed by atoms with Crippen LogP contribution in [0.5, 0.6) is 11.5 Å². The zero-order valence-electron chi connectivity index (χ0n) is 18.7. The number of benzene rings is 1. The van der Waals surface area contributed by atoms with E-state index >= 15 is 0 Å². The standard InChI is InChI=1S/C23H28O11/c1-4-19(27)33-17-10-23(31,22(30)32-13(3)12(2)24)11-18(21(17)29)34-20(28)8-6-14-5-7-15(25)16(26)9-14/h4-9,12-13,17-18,21,24-26,29,31H,1,10-11H2,2-3H3/b8-6+/t12?,13?,17-,18-,21+,23-/m1/s1. The summed E-state index contributed by atoms with van der Waals surface area (Å²) >= 11 is 0. The normalized spacial score (nSPS) is 26.3. The van der Waals surface area contributed by atoms with Gasteiger partial charge in [0.1, 0.15) is 24.4 Å². The van der Waals surface area contributed by atoms with Crippen LogP contribution in [0.25, 0.3) is 6.08 Å². The summed E-state index contributed by atoms with van der Waals surface area (Å²) in [5.41, 5.74) is -1.95. The predicted molar refractivity (Wildman–Crippen MR) is 116 cm³/mol. The second kappa shape index (κ2) is 11.1. The smallest absolute Gasteiger partial charge is 0.338 e. The van der Waals surface area contributed by atoms with Gasteiger partial charge in [-0.05, 0) is 37.6 Å². The van der Waals surface area contributed by atoms with Crippen molar-refractivity contribution in [3.8, 4) is 11.5 Å². The lowest BCUT2D eigenvalue weighted by Crippen LogP contribution is -2.59. The SMILES string of the molecule is C=CC(=O)O[C@@H]1C[C@](O)(C(=O)OC(C)C(C)O)C[C@@H](OC(=O)/C=C/c2ccc(O)c(O)c2)[C@H]1O. The van der Waals surface area contributed by atoms with E-state index in [0.717, 1.165) is 12.2 Å². The predicted octanol–water partition coefficient (Wildman–Crippen LogP) is 0.319. The highest BCUT2D eigenvalue weighted by atomic mass is 16.6. The van der Waals surface area contributed by atoms with Crippen molar-refractivity contribution in [1.29, 1.82) is 0 Å². The van der Waals surface area contributed by atoms with Crippen molar-refractivity contribution in [2.24, 2.45) is 0 Å². The molecule has 0 bridgehead atoms. The molecule has 1 fully saturated rings. The van der Waals surface area contributed by atoms with Crippen LogP contribution in [0.2, 0.25) is 0 Å². The molecule has 0 heterocycles. The Bertz CT molecular complexity index is 954. The zero-order chi connectivity index (χ0) is 25.6. The lowest BCUT2D eigenvalue weighted by atomic mass is 9.79. The number of phenols is 2. The highest BCUT2D eigenvalue weighted by Gasteiger charge is 2.53. The Morgan fingerprint density at radius 1 is 1.09 bits per heavy atom. The number of phenolic OH excluding ortho intramolecular Hbond substituents is 2. The van der Waals surface area contributed by atoms with Gasteiger partial charge in [-0.25, -0.2) is 14.4 Å². The number of aliphatic hydroxyl groups excluding tert-OH is 2. The van der Waals surface area contributed by atoms with Gasteiger partial charge in [-0.3, -0.25) is 0 Å². The third kappa shape index (κ3) is 6.80. The van der Waals surface area contributed by atoms with Crippen LogP contribution >= 0.6 is 0 Å². The summed E-state index contributed by atoms with van der Waals surface area (Å²) in [6.45, 7) is 6.03. The molecule has 2 unspecified atom stereocenters. The summed E-state index contributed by atoms with van der Waals surface area (Å²) in [6.07, 6.45) is -4.56. The lowest BCUT2D eigenvalue weighted by Gasteiger charge is -2.41. The van der Waals surface area contributed by atoms with Gasteiger partial charge in [-0.1, -0.05) is 12.6 Å². The molecule has 1 aliphatic rings. The van der Waals surface area contributed by atoms with E-state index in [1.807, 2.05) is 0 Å². The molecule has 1 aromatic carbocycles. The first kappa shape index (κ1) is 26.8. The Morgan fingerprint density at radius 2 is 1.68 bits per heavy atom. The Morgan fingerprint density at radius 3 is 2.21 bits per heavy atom. The second-order valence-electron chi connectivity index (χ2n) is 8.02. The van der Waals surface area contributed by atoms with Gasteiger partial charge in [-0.2, -0.15) is 0 Å². The monoisotopic (exact) mass is 480 g/mol. The molecule has 2 rings (SSSR count). The molecule has 0 spiro atoms. The van der Waals surface area contributed by atoms with Crippen molar-refractivity contribution >= 4 is 24.0 Å². The molecule has 0 saturated heterocycles. The molecule has 11 nitrogen and oxygen atoms in total. The third-order valence-electron chi connectivity index (χ3n) is 5.30. The van der Waals surface area contributed by atoms with Crippen LogP contribution in [0.4, 0.5) is 0 Å². The zero-order valence-corrected chi connectivity index (χ0v) is 18.7. The molecule has 186 valence electrons. The number of aliphatic hydroxyl groups is 3. The highest BCUT2D eigenvalue weighted by Crippen LogP contribution is 2.34. The van der Waals surface area contributed by atoms with Gasteiger partial charge in [0.2, 0.25) is 0 Å². The fourth-order valence-corrected chi connectivity index (χ4v) is 3.19. The minimum atomic E-state index is -2.30. The summed E-state index contributed by atoms with van der Waals surface area (Å²) in [7, 11) is 0. The Labute approximate surface area is 195 Å². The van der Waals surface area contributed by atoms with E-state index in [1.165, 1.54) is 38.1 Å². The lowest BCUT2D eigenvalue weighted by molar-refractivity contribution is -0.210. The minimum absolute atomic E-state index is 0.346. The minimum Gasteiger partial charge on any atom is -0.504 e. The molecule has 5 N–H and O–H groups in total. The van der Waals surface area contributed by atoms with Gasteiger partial charge in [0.25, 0.3) is 0 Å². The average molecular weight is 480 g/mol. The molecule has 1 aromatic rings. The van der Waals surface area contributed by atoms with E-state index in [1.54, 1.807) is 0 Å². The van der Waals surface area contributed by atoms with Crippen molar-refractivity contribution < 1.29 is 54.1 Å². The van der Waals surface area contributed by atoms with E-state index in [0.29, 0.717) is 5.56 Å². The van der Waals surface area contributed by atoms with Crippen LogP contribution in [0, 0.1) is 0 Å². The quantitative estimate of drug-likeness (QED) is 0.150. The van der Waals surface area contributed by atoms with E-state index in [9.17, 15) is 39.9 Å². The van der Waals surface area contributed by atoms with Gasteiger partial charge in [0.15, 0.2) is 17.1 Å². The number of ether oxygens (including phenoxy) is 3. The Kier molecular flexibility index (Phi) is 8.80. The van der Waals surface area contributed by atoms with Gasteiger partial charge in [0, 0.05) is 25.0 Å². The number of hydrogen-bond donors (Lipinski definition) is 5. The maximum atomic E-state index is 12.6. The van der Waals surface area contributed by atoms with Crippen LogP contribution in [0.3, 0.4) is 0 Å². The second-order valence-corrected chi connectivity index (χ2v) is 8.02. The fourth-order valence-electron chi connectivity index (χ4n) is 3.19. The molecule has 0 aliphatic heterocycles. The molecule has 0 radical (unpaired) electrons. The van der Waals surface area contributed by atoms with Gasteiger partial charge in [0.05, 0.1) is 6.10 Å². The van der Waals surface area contributed by atoms with Crippen molar-refractivity contribution in [2.45, 2.75) is 62.8 Å². The summed E-state index contributed by atoms with van der Waals surface area (Å²) < 4.78 is 15.3. The molecular weight excluding hydrogens is 452 g/mol. The van der Waals surface area contributed by atoms with Crippen molar-refractivity contribution in [3.05, 3.63) is 42.5 Å². The third-order valence-corrected chi connectivity index (χ3v) is 5.30. The molecular formula is C23H28O11. The number of carbonyl (C=O) groups is 3. The molecule has 1 saturated carbocycles. The number of esters is 3. The number of rotatable bonds is 8. The van der Waals surface area contributed by atoms with E-state index < -0.39 is 72.6 Å². The summed E-state index contributed by atoms with van der Waals surface area (Å²) in [5, 5.41) is 50.0. The van der Waals surface area contributed by atoms with Crippen molar-refractivity contribution in [2.75, 3.05) is 0 Å². The number of aromatic hydroxyl groups is 2. The Balaban J connectivity index is 2.21. The van der Waals surface area contributed by atoms with Crippen LogP contribution in [-0.4, -0.2) is 79.6 Å².